The highest BCUT2D eigenvalue weighted by Crippen LogP contribution is 2.31. The lowest BCUT2D eigenvalue weighted by Gasteiger charge is -2.27. The van der Waals surface area contributed by atoms with Crippen molar-refractivity contribution in [3.8, 4) is 0 Å². The predicted octanol–water partition coefficient (Wildman–Crippen LogP) is 1.82. The highest BCUT2D eigenvalue weighted by molar-refractivity contribution is 7.85. The fourth-order valence-corrected chi connectivity index (χ4v) is 3.01. The summed E-state index contributed by atoms with van der Waals surface area (Å²) in [5.74, 6) is 1.11. The van der Waals surface area contributed by atoms with Gasteiger partial charge in [-0.25, -0.2) is 0 Å². The van der Waals surface area contributed by atoms with Gasteiger partial charge in [-0.15, -0.1) is 0 Å². The SMILES string of the molecule is O=[N+]([O-])c1cc(Cl)ccc1N1CCS(=O)CC1. The maximum Gasteiger partial charge on any atom is 0.294 e. The Balaban J connectivity index is 2.31. The third kappa shape index (κ3) is 2.76. The van der Waals surface area contributed by atoms with Crippen molar-refractivity contribution in [2.45, 2.75) is 0 Å². The Morgan fingerprint density at radius 2 is 2.00 bits per heavy atom. The van der Waals surface area contributed by atoms with Crippen molar-refractivity contribution in [2.24, 2.45) is 0 Å². The number of hydrogen-bond acceptors (Lipinski definition) is 4. The highest BCUT2D eigenvalue weighted by Gasteiger charge is 2.23. The highest BCUT2D eigenvalue weighted by atomic mass is 35.5. The second-order valence-electron chi connectivity index (χ2n) is 3.73. The summed E-state index contributed by atoms with van der Waals surface area (Å²) in [7, 11) is -0.794. The number of rotatable bonds is 2. The molecule has 0 aliphatic carbocycles. The number of hydrogen-bond donors (Lipinski definition) is 0. The van der Waals surface area contributed by atoms with Crippen molar-refractivity contribution < 1.29 is 9.13 Å². The van der Waals surface area contributed by atoms with E-state index in [0.29, 0.717) is 35.3 Å². The molecule has 1 aromatic rings. The van der Waals surface area contributed by atoms with Crippen molar-refractivity contribution in [2.75, 3.05) is 29.5 Å². The molecule has 0 unspecified atom stereocenters. The van der Waals surface area contributed by atoms with Crippen LogP contribution in [0.15, 0.2) is 18.2 Å². The van der Waals surface area contributed by atoms with Crippen LogP contribution in [0.25, 0.3) is 0 Å². The van der Waals surface area contributed by atoms with Crippen LogP contribution in [0, 0.1) is 10.1 Å². The van der Waals surface area contributed by atoms with E-state index >= 15 is 0 Å². The van der Waals surface area contributed by atoms with Gasteiger partial charge in [0.05, 0.1) is 4.92 Å². The fraction of sp³-hybridized carbons (Fsp3) is 0.400. The first-order valence-electron chi connectivity index (χ1n) is 5.12. The molecule has 1 aliphatic heterocycles. The Hall–Kier alpha value is -1.14. The minimum Gasteiger partial charge on any atom is -0.364 e. The molecule has 0 saturated carbocycles. The van der Waals surface area contributed by atoms with E-state index in [1.165, 1.54) is 6.07 Å². The van der Waals surface area contributed by atoms with Crippen molar-refractivity contribution in [1.82, 2.24) is 0 Å². The number of nitro benzene ring substituents is 1. The van der Waals surface area contributed by atoms with Crippen LogP contribution in [0.1, 0.15) is 0 Å². The Labute approximate surface area is 106 Å². The maximum absolute atomic E-state index is 11.2. The van der Waals surface area contributed by atoms with Gasteiger partial charge in [0.15, 0.2) is 0 Å². The van der Waals surface area contributed by atoms with Gasteiger partial charge in [-0.2, -0.15) is 0 Å². The summed E-state index contributed by atoms with van der Waals surface area (Å²) in [6.07, 6.45) is 0. The van der Waals surface area contributed by atoms with Gasteiger partial charge in [0.2, 0.25) is 0 Å². The molecule has 0 spiro atoms. The van der Waals surface area contributed by atoms with E-state index in [1.54, 1.807) is 12.1 Å². The minimum atomic E-state index is -0.794. The monoisotopic (exact) mass is 274 g/mol. The fourth-order valence-electron chi connectivity index (χ4n) is 1.79. The normalized spacial score (nSPS) is 17.1. The van der Waals surface area contributed by atoms with Crippen LogP contribution in [-0.4, -0.2) is 33.7 Å². The molecule has 0 radical (unpaired) electrons. The molecular weight excluding hydrogens is 264 g/mol. The average Bonchev–Trinajstić information content (AvgIpc) is 2.30. The third-order valence-electron chi connectivity index (χ3n) is 2.65. The average molecular weight is 275 g/mol. The lowest BCUT2D eigenvalue weighted by molar-refractivity contribution is -0.384. The lowest BCUT2D eigenvalue weighted by Crippen LogP contribution is -2.38. The molecule has 0 amide bonds. The van der Waals surface area contributed by atoms with E-state index in [4.69, 9.17) is 11.6 Å². The number of benzene rings is 1. The first kappa shape index (κ1) is 12.3. The zero-order chi connectivity index (χ0) is 12.4. The van der Waals surface area contributed by atoms with Gasteiger partial charge in [0, 0.05) is 46.5 Å². The molecule has 1 heterocycles. The van der Waals surface area contributed by atoms with Gasteiger partial charge in [-0.05, 0) is 12.1 Å². The minimum absolute atomic E-state index is 0.00480. The summed E-state index contributed by atoms with van der Waals surface area (Å²) in [6.45, 7) is 1.16. The van der Waals surface area contributed by atoms with Gasteiger partial charge in [-0.1, -0.05) is 11.6 Å². The van der Waals surface area contributed by atoms with Crippen molar-refractivity contribution in [3.63, 3.8) is 0 Å². The number of nitrogens with zero attached hydrogens (tertiary/aromatic N) is 2. The van der Waals surface area contributed by atoms with Crippen LogP contribution in [0.2, 0.25) is 5.02 Å². The second kappa shape index (κ2) is 5.01. The van der Waals surface area contributed by atoms with E-state index in [0.717, 1.165) is 0 Å². The molecule has 1 aromatic carbocycles. The van der Waals surface area contributed by atoms with Gasteiger partial charge >= 0.3 is 0 Å². The molecule has 0 N–H and O–H groups in total. The Bertz CT molecular complexity index is 471. The number of nitro groups is 1. The van der Waals surface area contributed by atoms with Crippen LogP contribution >= 0.6 is 11.6 Å². The summed E-state index contributed by atoms with van der Waals surface area (Å²) in [5.41, 5.74) is 0.557. The summed E-state index contributed by atoms with van der Waals surface area (Å²) in [4.78, 5) is 12.4. The largest absolute Gasteiger partial charge is 0.364 e. The summed E-state index contributed by atoms with van der Waals surface area (Å²) >= 11 is 5.75. The first-order valence-corrected chi connectivity index (χ1v) is 6.98. The van der Waals surface area contributed by atoms with E-state index < -0.39 is 15.7 Å². The summed E-state index contributed by atoms with van der Waals surface area (Å²) in [5, 5.41) is 11.3. The molecule has 17 heavy (non-hydrogen) atoms. The molecule has 0 aromatic heterocycles. The molecule has 5 nitrogen and oxygen atoms in total. The Morgan fingerprint density at radius 1 is 1.35 bits per heavy atom. The third-order valence-corrected chi connectivity index (χ3v) is 4.16. The van der Waals surface area contributed by atoms with Gasteiger partial charge in [0.25, 0.3) is 5.69 Å². The number of halogens is 1. The molecule has 2 rings (SSSR count). The molecule has 0 bridgehead atoms. The van der Waals surface area contributed by atoms with Crippen molar-refractivity contribution >= 4 is 33.8 Å². The van der Waals surface area contributed by atoms with Crippen LogP contribution in [-0.2, 0) is 10.8 Å². The summed E-state index contributed by atoms with van der Waals surface area (Å²) < 4.78 is 11.2. The maximum atomic E-state index is 11.2. The smallest absolute Gasteiger partial charge is 0.294 e. The van der Waals surface area contributed by atoms with Gasteiger partial charge in [-0.3, -0.25) is 14.3 Å². The number of anilines is 1. The summed E-state index contributed by atoms with van der Waals surface area (Å²) in [6, 6.07) is 4.63. The molecule has 1 fully saturated rings. The van der Waals surface area contributed by atoms with Crippen molar-refractivity contribution in [1.29, 1.82) is 0 Å². The van der Waals surface area contributed by atoms with Crippen LogP contribution in [0.4, 0.5) is 11.4 Å². The molecule has 0 atom stereocenters. The lowest BCUT2D eigenvalue weighted by atomic mass is 10.2. The van der Waals surface area contributed by atoms with Crippen LogP contribution in [0.5, 0.6) is 0 Å². The zero-order valence-corrected chi connectivity index (χ0v) is 10.5. The van der Waals surface area contributed by atoms with Crippen LogP contribution in [0.3, 0.4) is 0 Å². The quantitative estimate of drug-likeness (QED) is 0.609. The van der Waals surface area contributed by atoms with E-state index in [-0.39, 0.29) is 5.69 Å². The van der Waals surface area contributed by atoms with Gasteiger partial charge in [0.1, 0.15) is 5.69 Å². The Morgan fingerprint density at radius 3 is 2.59 bits per heavy atom. The van der Waals surface area contributed by atoms with Crippen molar-refractivity contribution in [3.05, 3.63) is 33.3 Å². The molecular formula is C10H11ClN2O3S. The molecule has 1 aliphatic rings. The molecule has 92 valence electrons. The topological polar surface area (TPSA) is 63.5 Å². The van der Waals surface area contributed by atoms with Gasteiger partial charge < -0.3 is 4.90 Å². The Kier molecular flexibility index (Phi) is 3.63. The molecule has 1 saturated heterocycles. The standard InChI is InChI=1S/C10H11ClN2O3S/c11-8-1-2-9(10(7-8)13(14)15)12-3-5-17(16)6-4-12/h1-2,7H,3-6H2. The predicted molar refractivity (Wildman–Crippen MR) is 68.2 cm³/mol. The van der Waals surface area contributed by atoms with Crippen LogP contribution < -0.4 is 4.90 Å². The van der Waals surface area contributed by atoms with E-state index in [1.807, 2.05) is 4.90 Å². The second-order valence-corrected chi connectivity index (χ2v) is 5.86. The first-order chi connectivity index (χ1) is 8.08. The molecule has 7 heteroatoms. The van der Waals surface area contributed by atoms with E-state index in [2.05, 4.69) is 0 Å². The zero-order valence-electron chi connectivity index (χ0n) is 8.97. The van der Waals surface area contributed by atoms with E-state index in [9.17, 15) is 14.3 Å².